The lowest BCUT2D eigenvalue weighted by molar-refractivity contribution is 0.436. The van der Waals surface area contributed by atoms with Gasteiger partial charge in [0.1, 0.15) is 5.69 Å². The van der Waals surface area contributed by atoms with Crippen LogP contribution >= 0.6 is 0 Å². The molecule has 1 fully saturated rings. The maximum absolute atomic E-state index is 12.3. The Labute approximate surface area is 116 Å². The van der Waals surface area contributed by atoms with Gasteiger partial charge in [0.25, 0.3) is 5.56 Å². The van der Waals surface area contributed by atoms with Crippen LogP contribution in [0.15, 0.2) is 17.1 Å². The molecule has 0 radical (unpaired) electrons. The van der Waals surface area contributed by atoms with Gasteiger partial charge in [0.2, 0.25) is 5.88 Å². The molecule has 0 aliphatic heterocycles. The molecular formula is C14H18N4O2. The zero-order valence-electron chi connectivity index (χ0n) is 11.5. The van der Waals surface area contributed by atoms with Crippen LogP contribution in [0.4, 0.5) is 0 Å². The van der Waals surface area contributed by atoms with Crippen molar-refractivity contribution in [2.45, 2.75) is 45.1 Å². The third-order valence-electron chi connectivity index (χ3n) is 3.96. The second kappa shape index (κ2) is 5.11. The summed E-state index contributed by atoms with van der Waals surface area (Å²) in [7, 11) is 0. The van der Waals surface area contributed by atoms with E-state index in [1.165, 1.54) is 0 Å². The normalized spacial score (nSPS) is 15.8. The van der Waals surface area contributed by atoms with Gasteiger partial charge in [-0.05, 0) is 31.7 Å². The van der Waals surface area contributed by atoms with Crippen molar-refractivity contribution in [3.8, 4) is 17.4 Å². The fraction of sp³-hybridized carbons (Fsp3) is 0.500. The minimum absolute atomic E-state index is 0.136. The molecule has 2 aromatic rings. The molecule has 2 aromatic heterocycles. The van der Waals surface area contributed by atoms with Gasteiger partial charge in [0.15, 0.2) is 5.82 Å². The van der Waals surface area contributed by atoms with E-state index in [1.807, 2.05) is 6.92 Å². The SMILES string of the molecule is CCn1nccc1-c1nc(O)c(C2CCCC2)c(=O)[nH]1. The highest BCUT2D eigenvalue weighted by Gasteiger charge is 2.25. The summed E-state index contributed by atoms with van der Waals surface area (Å²) in [5, 5.41) is 14.3. The van der Waals surface area contributed by atoms with Gasteiger partial charge in [-0.25, -0.2) is 0 Å². The highest BCUT2D eigenvalue weighted by molar-refractivity contribution is 5.50. The van der Waals surface area contributed by atoms with Crippen LogP contribution in [0.25, 0.3) is 11.5 Å². The Bertz CT molecular complexity index is 668. The third-order valence-corrected chi connectivity index (χ3v) is 3.96. The number of hydrogen-bond acceptors (Lipinski definition) is 4. The Balaban J connectivity index is 2.06. The molecule has 3 rings (SSSR count). The molecule has 6 heteroatoms. The fourth-order valence-corrected chi connectivity index (χ4v) is 2.96. The summed E-state index contributed by atoms with van der Waals surface area (Å²) in [6.07, 6.45) is 5.76. The first-order valence-corrected chi connectivity index (χ1v) is 7.06. The van der Waals surface area contributed by atoms with Crippen LogP contribution in [0.3, 0.4) is 0 Å². The predicted molar refractivity (Wildman–Crippen MR) is 74.6 cm³/mol. The monoisotopic (exact) mass is 274 g/mol. The summed E-state index contributed by atoms with van der Waals surface area (Å²) in [5.41, 5.74) is 0.912. The van der Waals surface area contributed by atoms with Crippen molar-refractivity contribution in [1.29, 1.82) is 0 Å². The number of rotatable bonds is 3. The Hall–Kier alpha value is -2.11. The molecule has 6 nitrogen and oxygen atoms in total. The van der Waals surface area contributed by atoms with Crippen molar-refractivity contribution in [1.82, 2.24) is 19.7 Å². The molecule has 1 saturated carbocycles. The van der Waals surface area contributed by atoms with Crippen LogP contribution in [0.5, 0.6) is 5.88 Å². The number of H-pyrrole nitrogens is 1. The molecule has 0 unspecified atom stereocenters. The summed E-state index contributed by atoms with van der Waals surface area (Å²) in [4.78, 5) is 19.2. The average Bonchev–Trinajstić information content (AvgIpc) is 3.08. The molecule has 106 valence electrons. The van der Waals surface area contributed by atoms with E-state index in [9.17, 15) is 9.90 Å². The molecular weight excluding hydrogens is 256 g/mol. The maximum Gasteiger partial charge on any atom is 0.258 e. The van der Waals surface area contributed by atoms with Crippen LogP contribution in [-0.4, -0.2) is 24.9 Å². The van der Waals surface area contributed by atoms with Crippen LogP contribution in [-0.2, 0) is 6.54 Å². The zero-order valence-corrected chi connectivity index (χ0v) is 11.5. The molecule has 0 saturated heterocycles. The van der Waals surface area contributed by atoms with Crippen LogP contribution in [0.1, 0.15) is 44.1 Å². The van der Waals surface area contributed by atoms with Gasteiger partial charge in [-0.1, -0.05) is 12.8 Å². The molecule has 1 aliphatic rings. The lowest BCUT2D eigenvalue weighted by atomic mass is 10.00. The summed E-state index contributed by atoms with van der Waals surface area (Å²) in [6, 6.07) is 1.77. The van der Waals surface area contributed by atoms with Crippen LogP contribution in [0.2, 0.25) is 0 Å². The topological polar surface area (TPSA) is 83.8 Å². The number of nitrogens with one attached hydrogen (secondary N) is 1. The first-order valence-electron chi connectivity index (χ1n) is 7.06. The van der Waals surface area contributed by atoms with Crippen molar-refractivity contribution in [2.24, 2.45) is 0 Å². The van der Waals surface area contributed by atoms with Crippen molar-refractivity contribution in [3.63, 3.8) is 0 Å². The lowest BCUT2D eigenvalue weighted by Crippen LogP contribution is -2.18. The molecule has 0 aromatic carbocycles. The highest BCUT2D eigenvalue weighted by atomic mass is 16.3. The first-order chi connectivity index (χ1) is 9.70. The Morgan fingerprint density at radius 1 is 1.45 bits per heavy atom. The Morgan fingerprint density at radius 3 is 2.85 bits per heavy atom. The fourth-order valence-electron chi connectivity index (χ4n) is 2.96. The maximum atomic E-state index is 12.3. The molecule has 2 N–H and O–H groups in total. The molecule has 20 heavy (non-hydrogen) atoms. The molecule has 0 amide bonds. The van der Waals surface area contributed by atoms with Crippen molar-refractivity contribution < 1.29 is 5.11 Å². The highest BCUT2D eigenvalue weighted by Crippen LogP contribution is 2.35. The summed E-state index contributed by atoms with van der Waals surface area (Å²) in [5.74, 6) is 0.365. The van der Waals surface area contributed by atoms with Gasteiger partial charge in [-0.3, -0.25) is 9.48 Å². The minimum atomic E-state index is -0.233. The van der Waals surface area contributed by atoms with E-state index in [4.69, 9.17) is 0 Å². The zero-order chi connectivity index (χ0) is 14.1. The Kier molecular flexibility index (Phi) is 3.30. The van der Waals surface area contributed by atoms with Gasteiger partial charge in [-0.2, -0.15) is 10.1 Å². The standard InChI is InChI=1S/C14H18N4O2/c1-2-18-10(7-8-15-18)12-16-13(19)11(14(20)17-12)9-5-3-4-6-9/h7-9H,2-6H2,1H3,(H2,16,17,19,20). The minimum Gasteiger partial charge on any atom is -0.493 e. The van der Waals surface area contributed by atoms with E-state index >= 15 is 0 Å². The number of aromatic hydroxyl groups is 1. The first kappa shape index (κ1) is 12.9. The number of nitrogens with zero attached hydrogens (tertiary/aromatic N) is 3. The summed E-state index contributed by atoms with van der Waals surface area (Å²) in [6.45, 7) is 2.64. The van der Waals surface area contributed by atoms with E-state index in [-0.39, 0.29) is 17.4 Å². The number of hydrogen-bond donors (Lipinski definition) is 2. The van der Waals surface area contributed by atoms with Gasteiger partial charge >= 0.3 is 0 Å². The van der Waals surface area contributed by atoms with E-state index in [1.54, 1.807) is 16.9 Å². The van der Waals surface area contributed by atoms with E-state index in [0.717, 1.165) is 25.7 Å². The molecule has 0 atom stereocenters. The Morgan fingerprint density at radius 2 is 2.20 bits per heavy atom. The molecule has 1 aliphatic carbocycles. The number of aromatic amines is 1. The summed E-state index contributed by atoms with van der Waals surface area (Å²) >= 11 is 0. The van der Waals surface area contributed by atoms with Crippen LogP contribution in [0, 0.1) is 0 Å². The second-order valence-electron chi connectivity index (χ2n) is 5.17. The van der Waals surface area contributed by atoms with Crippen LogP contribution < -0.4 is 5.56 Å². The molecule has 0 bridgehead atoms. The molecule has 0 spiro atoms. The van der Waals surface area contributed by atoms with Crippen molar-refractivity contribution in [2.75, 3.05) is 0 Å². The third kappa shape index (κ3) is 2.11. The lowest BCUT2D eigenvalue weighted by Gasteiger charge is -2.11. The second-order valence-corrected chi connectivity index (χ2v) is 5.17. The van der Waals surface area contributed by atoms with Gasteiger partial charge in [0.05, 0.1) is 5.56 Å². The number of aryl methyl sites for hydroxylation is 1. The largest absolute Gasteiger partial charge is 0.493 e. The predicted octanol–water partition coefficient (Wildman–Crippen LogP) is 2.02. The van der Waals surface area contributed by atoms with E-state index in [0.29, 0.717) is 23.6 Å². The van der Waals surface area contributed by atoms with Crippen molar-refractivity contribution >= 4 is 0 Å². The van der Waals surface area contributed by atoms with E-state index in [2.05, 4.69) is 15.1 Å². The van der Waals surface area contributed by atoms with E-state index < -0.39 is 0 Å². The average molecular weight is 274 g/mol. The number of aromatic nitrogens is 4. The smallest absolute Gasteiger partial charge is 0.258 e. The quantitative estimate of drug-likeness (QED) is 0.896. The van der Waals surface area contributed by atoms with Gasteiger partial charge in [-0.15, -0.1) is 0 Å². The summed E-state index contributed by atoms with van der Waals surface area (Å²) < 4.78 is 1.73. The van der Waals surface area contributed by atoms with Gasteiger partial charge < -0.3 is 10.1 Å². The van der Waals surface area contributed by atoms with Crippen molar-refractivity contribution in [3.05, 3.63) is 28.2 Å². The van der Waals surface area contributed by atoms with Gasteiger partial charge in [0, 0.05) is 12.7 Å². The molecule has 2 heterocycles.